The molecule has 1 fully saturated rings. The summed E-state index contributed by atoms with van der Waals surface area (Å²) in [5, 5.41) is 1.40. The number of nitrogens with zero attached hydrogens (tertiary/aromatic N) is 2. The number of pyridine rings is 1. The molecular formula is C13H22N2Si. The number of aromatic nitrogens is 1. The van der Waals surface area contributed by atoms with Gasteiger partial charge in [-0.1, -0.05) is 25.7 Å². The van der Waals surface area contributed by atoms with Crippen molar-refractivity contribution in [3.05, 3.63) is 23.9 Å². The van der Waals surface area contributed by atoms with Crippen LogP contribution in [-0.4, -0.2) is 31.6 Å². The Morgan fingerprint density at radius 1 is 1.38 bits per heavy atom. The second-order valence-corrected chi connectivity index (χ2v) is 10.8. The van der Waals surface area contributed by atoms with Gasteiger partial charge in [-0.25, -0.2) is 0 Å². The molecule has 1 aliphatic heterocycles. The molecule has 1 aromatic heterocycles. The molecule has 0 bridgehead atoms. The first-order valence-corrected chi connectivity index (χ1v) is 9.66. The van der Waals surface area contributed by atoms with Crippen molar-refractivity contribution in [2.75, 3.05) is 13.6 Å². The normalized spacial score (nSPS) is 22.6. The van der Waals surface area contributed by atoms with Gasteiger partial charge in [-0.3, -0.25) is 9.88 Å². The minimum absolute atomic E-state index is 0.607. The lowest BCUT2D eigenvalue weighted by molar-refractivity contribution is 0.318. The third-order valence-electron chi connectivity index (χ3n) is 3.43. The van der Waals surface area contributed by atoms with Crippen molar-refractivity contribution in [2.45, 2.75) is 38.5 Å². The molecule has 88 valence electrons. The second kappa shape index (κ2) is 4.30. The Morgan fingerprint density at radius 2 is 2.12 bits per heavy atom. The molecule has 1 aliphatic rings. The topological polar surface area (TPSA) is 16.1 Å². The predicted molar refractivity (Wildman–Crippen MR) is 71.8 cm³/mol. The maximum atomic E-state index is 4.66. The lowest BCUT2D eigenvalue weighted by Gasteiger charge is -2.26. The van der Waals surface area contributed by atoms with Gasteiger partial charge in [-0.05, 0) is 38.1 Å². The molecule has 2 rings (SSSR count). The third kappa shape index (κ3) is 2.20. The molecule has 0 radical (unpaired) electrons. The summed E-state index contributed by atoms with van der Waals surface area (Å²) < 4.78 is 0. The second-order valence-electron chi connectivity index (χ2n) is 5.83. The van der Waals surface area contributed by atoms with E-state index in [4.69, 9.17) is 0 Å². The molecule has 3 heteroatoms. The molecule has 16 heavy (non-hydrogen) atoms. The minimum Gasteiger partial charge on any atom is -0.299 e. The Balaban J connectivity index is 2.40. The summed E-state index contributed by atoms with van der Waals surface area (Å²) in [6.07, 6.45) is 4.56. The van der Waals surface area contributed by atoms with Gasteiger partial charge in [0.1, 0.15) is 8.07 Å². The fourth-order valence-corrected chi connectivity index (χ4v) is 4.19. The zero-order valence-electron chi connectivity index (χ0n) is 10.8. The molecule has 0 N–H and O–H groups in total. The predicted octanol–water partition coefficient (Wildman–Crippen LogP) is 2.39. The summed E-state index contributed by atoms with van der Waals surface area (Å²) in [7, 11) is 0.922. The molecular weight excluding hydrogens is 212 g/mol. The van der Waals surface area contributed by atoms with Crippen LogP contribution in [0.5, 0.6) is 0 Å². The molecule has 0 amide bonds. The van der Waals surface area contributed by atoms with Crippen LogP contribution in [0.1, 0.15) is 24.4 Å². The van der Waals surface area contributed by atoms with Gasteiger partial charge in [-0.15, -0.1) is 0 Å². The van der Waals surface area contributed by atoms with Gasteiger partial charge in [0.2, 0.25) is 0 Å². The van der Waals surface area contributed by atoms with Gasteiger partial charge < -0.3 is 0 Å². The Kier molecular flexibility index (Phi) is 3.17. The van der Waals surface area contributed by atoms with Gasteiger partial charge in [0.05, 0.1) is 0 Å². The van der Waals surface area contributed by atoms with Crippen LogP contribution in [-0.2, 0) is 0 Å². The van der Waals surface area contributed by atoms with Crippen LogP contribution in [0.15, 0.2) is 18.3 Å². The van der Waals surface area contributed by atoms with Crippen LogP contribution in [0.2, 0.25) is 19.6 Å². The maximum absolute atomic E-state index is 4.66. The van der Waals surface area contributed by atoms with Crippen molar-refractivity contribution in [1.29, 1.82) is 0 Å². The average Bonchev–Trinajstić information content (AvgIpc) is 2.63. The van der Waals surface area contributed by atoms with E-state index >= 15 is 0 Å². The first-order valence-electron chi connectivity index (χ1n) is 6.16. The average molecular weight is 234 g/mol. The first kappa shape index (κ1) is 11.8. The highest BCUT2D eigenvalue weighted by Gasteiger charge is 2.29. The van der Waals surface area contributed by atoms with Crippen LogP contribution in [0.3, 0.4) is 0 Å². The molecule has 0 spiro atoms. The molecule has 2 heterocycles. The van der Waals surface area contributed by atoms with E-state index in [2.05, 4.69) is 48.7 Å². The Morgan fingerprint density at radius 3 is 2.69 bits per heavy atom. The van der Waals surface area contributed by atoms with Crippen molar-refractivity contribution < 1.29 is 0 Å². The van der Waals surface area contributed by atoms with E-state index in [1.807, 2.05) is 6.20 Å². The van der Waals surface area contributed by atoms with Gasteiger partial charge in [-0.2, -0.15) is 0 Å². The number of hydrogen-bond donors (Lipinski definition) is 0. The Labute approximate surface area is 99.7 Å². The largest absolute Gasteiger partial charge is 0.299 e. The van der Waals surface area contributed by atoms with E-state index in [1.165, 1.54) is 30.3 Å². The fraction of sp³-hybridized carbons (Fsp3) is 0.615. The van der Waals surface area contributed by atoms with Crippen molar-refractivity contribution in [1.82, 2.24) is 9.88 Å². The van der Waals surface area contributed by atoms with Gasteiger partial charge in [0, 0.05) is 17.6 Å². The van der Waals surface area contributed by atoms with Crippen LogP contribution >= 0.6 is 0 Å². The SMILES string of the molecule is CN1CCC[C@H]1c1cccnc1[Si](C)(C)C. The summed E-state index contributed by atoms with van der Waals surface area (Å²) in [6, 6.07) is 4.98. The molecule has 1 aromatic rings. The van der Waals surface area contributed by atoms with Crippen LogP contribution in [0, 0.1) is 0 Å². The van der Waals surface area contributed by atoms with Crippen LogP contribution < -0.4 is 5.32 Å². The summed E-state index contributed by atoms with van der Waals surface area (Å²) >= 11 is 0. The lowest BCUT2D eigenvalue weighted by atomic mass is 10.1. The van der Waals surface area contributed by atoms with Crippen LogP contribution in [0.25, 0.3) is 0 Å². The van der Waals surface area contributed by atoms with Gasteiger partial charge in [0.15, 0.2) is 0 Å². The van der Waals surface area contributed by atoms with Gasteiger partial charge in [0.25, 0.3) is 0 Å². The summed E-state index contributed by atoms with van der Waals surface area (Å²) in [5.41, 5.74) is 1.49. The zero-order chi connectivity index (χ0) is 11.8. The van der Waals surface area contributed by atoms with Crippen molar-refractivity contribution >= 4 is 13.4 Å². The Hall–Kier alpha value is -0.673. The van der Waals surface area contributed by atoms with E-state index in [1.54, 1.807) is 0 Å². The van der Waals surface area contributed by atoms with Gasteiger partial charge >= 0.3 is 0 Å². The fourth-order valence-electron chi connectivity index (χ4n) is 2.62. The van der Waals surface area contributed by atoms with E-state index in [0.29, 0.717) is 6.04 Å². The van der Waals surface area contributed by atoms with Crippen molar-refractivity contribution in [2.24, 2.45) is 0 Å². The van der Waals surface area contributed by atoms with Crippen molar-refractivity contribution in [3.63, 3.8) is 0 Å². The summed E-state index contributed by atoms with van der Waals surface area (Å²) in [6.45, 7) is 8.38. The molecule has 0 aromatic carbocycles. The molecule has 0 aliphatic carbocycles. The van der Waals surface area contributed by atoms with E-state index in [9.17, 15) is 0 Å². The monoisotopic (exact) mass is 234 g/mol. The summed E-state index contributed by atoms with van der Waals surface area (Å²) in [4.78, 5) is 7.14. The van der Waals surface area contributed by atoms with Crippen molar-refractivity contribution in [3.8, 4) is 0 Å². The quantitative estimate of drug-likeness (QED) is 0.731. The zero-order valence-corrected chi connectivity index (χ0v) is 11.8. The standard InChI is InChI=1S/C13H22N2Si/c1-15-10-6-8-12(15)11-7-5-9-14-13(11)16(2,3)4/h5,7,9,12H,6,8,10H2,1-4H3/t12-/m0/s1. The summed E-state index contributed by atoms with van der Waals surface area (Å²) in [5.74, 6) is 0. The smallest absolute Gasteiger partial charge is 0.102 e. The molecule has 0 unspecified atom stereocenters. The third-order valence-corrected chi connectivity index (χ3v) is 5.27. The number of rotatable bonds is 2. The lowest BCUT2D eigenvalue weighted by Crippen LogP contribution is -2.44. The molecule has 1 saturated heterocycles. The number of likely N-dealkylation sites (tertiary alicyclic amines) is 1. The molecule has 1 atom stereocenters. The molecule has 2 nitrogen and oxygen atoms in total. The minimum atomic E-state index is -1.31. The highest BCUT2D eigenvalue weighted by molar-refractivity contribution is 6.88. The van der Waals surface area contributed by atoms with E-state index < -0.39 is 8.07 Å². The maximum Gasteiger partial charge on any atom is 0.102 e. The molecule has 0 saturated carbocycles. The number of hydrogen-bond acceptors (Lipinski definition) is 2. The van der Waals surface area contributed by atoms with E-state index in [0.717, 1.165) is 0 Å². The first-order chi connectivity index (χ1) is 7.50. The van der Waals surface area contributed by atoms with Crippen LogP contribution in [0.4, 0.5) is 0 Å². The Bertz CT molecular complexity index is 370. The highest BCUT2D eigenvalue weighted by Crippen LogP contribution is 2.29. The highest BCUT2D eigenvalue weighted by atomic mass is 28.3. The van der Waals surface area contributed by atoms with E-state index in [-0.39, 0.29) is 0 Å².